The topological polar surface area (TPSA) is 12.0 Å². The van der Waals surface area contributed by atoms with Crippen molar-refractivity contribution in [3.8, 4) is 0 Å². The maximum Gasteiger partial charge on any atom is 0.00967 e. The lowest BCUT2D eigenvalue weighted by molar-refractivity contribution is 0.200. The Morgan fingerprint density at radius 2 is 1.63 bits per heavy atom. The molecule has 0 bridgehead atoms. The van der Waals surface area contributed by atoms with Crippen molar-refractivity contribution in [1.82, 2.24) is 5.32 Å². The van der Waals surface area contributed by atoms with E-state index in [0.29, 0.717) is 5.41 Å². The summed E-state index contributed by atoms with van der Waals surface area (Å²) in [7, 11) is 0. The number of fused-ring (bicyclic) bond motifs is 1. The summed E-state index contributed by atoms with van der Waals surface area (Å²) < 4.78 is 0. The molecule has 2 atom stereocenters. The van der Waals surface area contributed by atoms with E-state index in [4.69, 9.17) is 0 Å². The van der Waals surface area contributed by atoms with Gasteiger partial charge in [0.15, 0.2) is 0 Å². The van der Waals surface area contributed by atoms with Gasteiger partial charge in [-0.3, -0.25) is 0 Å². The van der Waals surface area contributed by atoms with Gasteiger partial charge in [-0.15, -0.1) is 0 Å². The molecule has 0 heterocycles. The summed E-state index contributed by atoms with van der Waals surface area (Å²) in [4.78, 5) is 0. The largest absolute Gasteiger partial charge is 0.312 e. The standard InChI is InChI=1S/C18H35N/c1-5-6-7-8-9-10-18(14-19-17(2,3)4)12-15-11-16(15)13-18/h15-16,19H,5-14H2,1-4H3. The molecule has 2 aliphatic rings. The maximum absolute atomic E-state index is 3.80. The van der Waals surface area contributed by atoms with Gasteiger partial charge < -0.3 is 5.32 Å². The zero-order valence-electron chi connectivity index (χ0n) is 13.7. The number of hydrogen-bond acceptors (Lipinski definition) is 1. The Hall–Kier alpha value is -0.0400. The van der Waals surface area contributed by atoms with Crippen LogP contribution in [0.25, 0.3) is 0 Å². The molecule has 0 saturated heterocycles. The molecule has 0 spiro atoms. The van der Waals surface area contributed by atoms with E-state index in [1.54, 1.807) is 6.42 Å². The Bertz CT molecular complexity index is 266. The molecule has 0 radical (unpaired) electrons. The van der Waals surface area contributed by atoms with E-state index in [1.807, 2.05) is 0 Å². The third kappa shape index (κ3) is 4.77. The third-order valence-electron chi connectivity index (χ3n) is 5.26. The van der Waals surface area contributed by atoms with Gasteiger partial charge in [-0.25, -0.2) is 0 Å². The van der Waals surface area contributed by atoms with E-state index in [0.717, 1.165) is 11.8 Å². The molecule has 1 nitrogen and oxygen atoms in total. The van der Waals surface area contributed by atoms with E-state index in [-0.39, 0.29) is 5.54 Å². The van der Waals surface area contributed by atoms with Gasteiger partial charge in [0, 0.05) is 12.1 Å². The molecule has 2 unspecified atom stereocenters. The van der Waals surface area contributed by atoms with E-state index in [1.165, 1.54) is 57.9 Å². The second kappa shape index (κ2) is 6.16. The highest BCUT2D eigenvalue weighted by atomic mass is 15.0. The first-order valence-corrected chi connectivity index (χ1v) is 8.69. The predicted molar refractivity (Wildman–Crippen MR) is 84.4 cm³/mol. The summed E-state index contributed by atoms with van der Waals surface area (Å²) >= 11 is 0. The van der Waals surface area contributed by atoms with Gasteiger partial charge in [-0.05, 0) is 63.7 Å². The Morgan fingerprint density at radius 3 is 2.21 bits per heavy atom. The summed E-state index contributed by atoms with van der Waals surface area (Å²) in [5.41, 5.74) is 0.940. The van der Waals surface area contributed by atoms with Crippen LogP contribution in [0.2, 0.25) is 0 Å². The van der Waals surface area contributed by atoms with Gasteiger partial charge in [0.25, 0.3) is 0 Å². The molecule has 2 saturated carbocycles. The molecule has 0 amide bonds. The van der Waals surface area contributed by atoms with E-state index in [2.05, 4.69) is 33.0 Å². The molecule has 19 heavy (non-hydrogen) atoms. The first-order chi connectivity index (χ1) is 8.94. The van der Waals surface area contributed by atoms with Crippen LogP contribution in [0.5, 0.6) is 0 Å². The van der Waals surface area contributed by atoms with Crippen molar-refractivity contribution in [2.24, 2.45) is 17.3 Å². The van der Waals surface area contributed by atoms with Crippen molar-refractivity contribution >= 4 is 0 Å². The summed E-state index contributed by atoms with van der Waals surface area (Å²) in [6.45, 7) is 10.5. The Kier molecular flexibility index (Phi) is 4.98. The van der Waals surface area contributed by atoms with Crippen LogP contribution in [0.3, 0.4) is 0 Å². The lowest BCUT2D eigenvalue weighted by Crippen LogP contribution is -2.43. The second-order valence-corrected chi connectivity index (χ2v) is 8.43. The normalized spacial score (nSPS) is 33.5. The van der Waals surface area contributed by atoms with Crippen molar-refractivity contribution in [1.29, 1.82) is 0 Å². The number of unbranched alkanes of at least 4 members (excludes halogenated alkanes) is 4. The van der Waals surface area contributed by atoms with Crippen LogP contribution in [0, 0.1) is 17.3 Å². The highest BCUT2D eigenvalue weighted by Gasteiger charge is 2.53. The van der Waals surface area contributed by atoms with Gasteiger partial charge in [-0.2, -0.15) is 0 Å². The molecule has 2 fully saturated rings. The average molecular weight is 265 g/mol. The summed E-state index contributed by atoms with van der Waals surface area (Å²) in [5.74, 6) is 2.22. The van der Waals surface area contributed by atoms with Gasteiger partial charge >= 0.3 is 0 Å². The molecule has 0 aliphatic heterocycles. The van der Waals surface area contributed by atoms with Crippen LogP contribution in [0.1, 0.15) is 85.5 Å². The highest BCUT2D eigenvalue weighted by molar-refractivity contribution is 5.04. The molecule has 1 heteroatoms. The van der Waals surface area contributed by atoms with Crippen molar-refractivity contribution in [3.05, 3.63) is 0 Å². The van der Waals surface area contributed by atoms with E-state index < -0.39 is 0 Å². The first-order valence-electron chi connectivity index (χ1n) is 8.69. The quantitative estimate of drug-likeness (QED) is 0.598. The van der Waals surface area contributed by atoms with E-state index >= 15 is 0 Å². The fourth-order valence-electron chi connectivity index (χ4n) is 4.00. The van der Waals surface area contributed by atoms with Gasteiger partial charge in [0.05, 0.1) is 0 Å². The fourth-order valence-corrected chi connectivity index (χ4v) is 4.00. The Morgan fingerprint density at radius 1 is 1.00 bits per heavy atom. The van der Waals surface area contributed by atoms with Crippen LogP contribution in [-0.2, 0) is 0 Å². The minimum atomic E-state index is 0.280. The van der Waals surface area contributed by atoms with Gasteiger partial charge in [0.2, 0.25) is 0 Å². The first kappa shape index (κ1) is 15.4. The Balaban J connectivity index is 1.75. The van der Waals surface area contributed by atoms with Crippen molar-refractivity contribution in [2.75, 3.05) is 6.54 Å². The minimum Gasteiger partial charge on any atom is -0.312 e. The van der Waals surface area contributed by atoms with Gasteiger partial charge in [0.1, 0.15) is 0 Å². The van der Waals surface area contributed by atoms with Crippen LogP contribution < -0.4 is 5.32 Å². The minimum absolute atomic E-state index is 0.280. The molecule has 0 aromatic heterocycles. The number of nitrogens with one attached hydrogen (secondary N) is 1. The predicted octanol–water partition coefficient (Wildman–Crippen LogP) is 5.15. The van der Waals surface area contributed by atoms with Crippen molar-refractivity contribution in [3.63, 3.8) is 0 Å². The lowest BCUT2D eigenvalue weighted by atomic mass is 9.77. The average Bonchev–Trinajstić information content (AvgIpc) is 2.94. The SMILES string of the molecule is CCCCCCCC1(CNC(C)(C)C)CC2CC2C1. The molecule has 0 aromatic carbocycles. The van der Waals surface area contributed by atoms with Crippen LogP contribution >= 0.6 is 0 Å². The summed E-state index contributed by atoms with van der Waals surface area (Å²) in [5, 5.41) is 3.80. The molecular weight excluding hydrogens is 230 g/mol. The fraction of sp³-hybridized carbons (Fsp3) is 1.00. The number of hydrogen-bond donors (Lipinski definition) is 1. The van der Waals surface area contributed by atoms with Crippen LogP contribution in [0.4, 0.5) is 0 Å². The maximum atomic E-state index is 3.80. The Labute approximate surface area is 120 Å². The second-order valence-electron chi connectivity index (χ2n) is 8.43. The summed E-state index contributed by atoms with van der Waals surface area (Å²) in [6, 6.07) is 0. The van der Waals surface area contributed by atoms with Crippen LogP contribution in [0.15, 0.2) is 0 Å². The van der Waals surface area contributed by atoms with Crippen molar-refractivity contribution in [2.45, 2.75) is 91.0 Å². The van der Waals surface area contributed by atoms with Gasteiger partial charge in [-0.1, -0.05) is 39.0 Å². The summed E-state index contributed by atoms with van der Waals surface area (Å²) in [6.07, 6.45) is 13.2. The van der Waals surface area contributed by atoms with Crippen LogP contribution in [-0.4, -0.2) is 12.1 Å². The monoisotopic (exact) mass is 265 g/mol. The smallest absolute Gasteiger partial charge is 0.00967 e. The lowest BCUT2D eigenvalue weighted by Gasteiger charge is -2.35. The zero-order valence-corrected chi connectivity index (χ0v) is 13.7. The molecule has 0 aromatic rings. The molecule has 1 N–H and O–H groups in total. The highest BCUT2D eigenvalue weighted by Crippen LogP contribution is 2.61. The van der Waals surface area contributed by atoms with Crippen molar-refractivity contribution < 1.29 is 0 Å². The molecule has 2 aliphatic carbocycles. The third-order valence-corrected chi connectivity index (χ3v) is 5.26. The molecule has 112 valence electrons. The van der Waals surface area contributed by atoms with E-state index in [9.17, 15) is 0 Å². The number of rotatable bonds is 8. The zero-order chi connectivity index (χ0) is 13.9. The molecule has 2 rings (SSSR count). The molecular formula is C18H35N.